The number of urea groups is 1. The molecule has 1 fully saturated rings. The number of hydrogen-bond acceptors (Lipinski definition) is 10. The van der Waals surface area contributed by atoms with E-state index in [1.54, 1.807) is 35.2 Å². The highest BCUT2D eigenvalue weighted by atomic mass is 32.1. The van der Waals surface area contributed by atoms with E-state index in [0.29, 0.717) is 17.0 Å². The lowest BCUT2D eigenvalue weighted by Gasteiger charge is -2.23. The molecule has 2 atom stereocenters. The van der Waals surface area contributed by atoms with Crippen molar-refractivity contribution in [3.63, 3.8) is 0 Å². The first-order valence-electron chi connectivity index (χ1n) is 9.90. The van der Waals surface area contributed by atoms with Crippen LogP contribution in [0.5, 0.6) is 5.75 Å². The minimum Gasteiger partial charge on any atom is -0.497 e. The van der Waals surface area contributed by atoms with E-state index in [1.807, 2.05) is 0 Å². The van der Waals surface area contributed by atoms with Gasteiger partial charge in [-0.3, -0.25) is 9.59 Å². The fourth-order valence-corrected chi connectivity index (χ4v) is 4.62. The van der Waals surface area contributed by atoms with E-state index in [9.17, 15) is 19.2 Å². The summed E-state index contributed by atoms with van der Waals surface area (Å²) in [5.74, 6) is -1.25. The lowest BCUT2D eigenvalue weighted by Crippen LogP contribution is -2.49. The zero-order chi connectivity index (χ0) is 24.2. The van der Waals surface area contributed by atoms with Gasteiger partial charge in [0.1, 0.15) is 17.8 Å². The number of amides is 4. The molecule has 34 heavy (non-hydrogen) atoms. The molecule has 4 rings (SSSR count). The molecule has 0 bridgehead atoms. The highest BCUT2D eigenvalue weighted by molar-refractivity contribution is 7.14. The smallest absolute Gasteiger partial charge is 0.357 e. The van der Waals surface area contributed by atoms with Crippen LogP contribution in [-0.4, -0.2) is 58.9 Å². The van der Waals surface area contributed by atoms with Crippen LogP contribution >= 0.6 is 22.7 Å². The molecule has 2 aromatic heterocycles. The van der Waals surface area contributed by atoms with Crippen LogP contribution in [0.1, 0.15) is 27.8 Å². The number of aromatic nitrogens is 2. The number of hydrogen-bond donors (Lipinski definition) is 2. The molecule has 0 aliphatic carbocycles. The standard InChI is InChI=1S/C21H19N5O6S2/c1-31-13-5-3-11(4-6-13)16-18(28)26(21(30)24-16)15(7-12-8-33-10-22-12)17(27)25-20-23-14(9-34-20)19(29)32-2/h3-6,8-10,15-16H,7H2,1-2H3,(H,24,30)(H,23,25,27). The third kappa shape index (κ3) is 4.75. The fraction of sp³-hybridized carbons (Fsp3) is 0.238. The van der Waals surface area contributed by atoms with E-state index in [2.05, 4.69) is 25.3 Å². The van der Waals surface area contributed by atoms with Gasteiger partial charge < -0.3 is 20.1 Å². The second-order valence-corrected chi connectivity index (χ2v) is 8.66. The number of carbonyl (C=O) groups excluding carboxylic acids is 4. The first-order valence-corrected chi connectivity index (χ1v) is 11.7. The van der Waals surface area contributed by atoms with Crippen molar-refractivity contribution < 1.29 is 28.7 Å². The molecule has 2 unspecified atom stereocenters. The summed E-state index contributed by atoms with van der Waals surface area (Å²) in [5, 5.41) is 8.53. The summed E-state index contributed by atoms with van der Waals surface area (Å²) in [6, 6.07) is 3.86. The number of benzene rings is 1. The molecule has 176 valence electrons. The summed E-state index contributed by atoms with van der Waals surface area (Å²) in [7, 11) is 2.75. The van der Waals surface area contributed by atoms with Crippen molar-refractivity contribution in [3.05, 3.63) is 57.5 Å². The van der Waals surface area contributed by atoms with Crippen LogP contribution in [0.15, 0.2) is 40.5 Å². The Bertz CT molecular complexity index is 1210. The van der Waals surface area contributed by atoms with Crippen LogP contribution < -0.4 is 15.4 Å². The SMILES string of the molecule is COC(=O)c1csc(NC(=O)C(Cc2cscn2)N2C(=O)NC(c3ccc(OC)cc3)C2=O)n1. The Kier molecular flexibility index (Phi) is 6.84. The quantitative estimate of drug-likeness (QED) is 0.354. The maximum atomic E-state index is 13.3. The van der Waals surface area contributed by atoms with Crippen molar-refractivity contribution in [2.45, 2.75) is 18.5 Å². The van der Waals surface area contributed by atoms with Gasteiger partial charge in [-0.1, -0.05) is 12.1 Å². The largest absolute Gasteiger partial charge is 0.497 e. The van der Waals surface area contributed by atoms with Gasteiger partial charge in [-0.2, -0.15) is 0 Å². The topological polar surface area (TPSA) is 140 Å². The van der Waals surface area contributed by atoms with E-state index in [-0.39, 0.29) is 17.2 Å². The molecule has 0 radical (unpaired) electrons. The molecule has 2 N–H and O–H groups in total. The van der Waals surface area contributed by atoms with Gasteiger partial charge in [-0.25, -0.2) is 24.5 Å². The van der Waals surface area contributed by atoms with E-state index in [0.717, 1.165) is 16.2 Å². The van der Waals surface area contributed by atoms with Crippen LogP contribution in [0.4, 0.5) is 9.93 Å². The number of anilines is 1. The lowest BCUT2D eigenvalue weighted by atomic mass is 10.1. The van der Waals surface area contributed by atoms with Crippen molar-refractivity contribution in [1.29, 1.82) is 0 Å². The van der Waals surface area contributed by atoms with Gasteiger partial charge in [-0.15, -0.1) is 22.7 Å². The average molecular weight is 502 g/mol. The molecule has 0 spiro atoms. The number of esters is 1. The number of nitrogens with zero attached hydrogens (tertiary/aromatic N) is 3. The van der Waals surface area contributed by atoms with Crippen LogP contribution in [0.2, 0.25) is 0 Å². The summed E-state index contributed by atoms with van der Waals surface area (Å²) in [4.78, 5) is 60.1. The highest BCUT2D eigenvalue weighted by Crippen LogP contribution is 2.27. The molecule has 1 aromatic carbocycles. The second-order valence-electron chi connectivity index (χ2n) is 7.08. The lowest BCUT2D eigenvalue weighted by molar-refractivity contribution is -0.134. The van der Waals surface area contributed by atoms with Gasteiger partial charge in [-0.05, 0) is 17.7 Å². The number of nitrogens with one attached hydrogen (secondary N) is 2. The van der Waals surface area contributed by atoms with E-state index in [1.165, 1.54) is 30.9 Å². The van der Waals surface area contributed by atoms with Gasteiger partial charge in [0.2, 0.25) is 5.91 Å². The molecule has 11 nitrogen and oxygen atoms in total. The highest BCUT2D eigenvalue weighted by Gasteiger charge is 2.45. The van der Waals surface area contributed by atoms with E-state index in [4.69, 9.17) is 4.74 Å². The zero-order valence-corrected chi connectivity index (χ0v) is 19.6. The monoisotopic (exact) mass is 501 g/mol. The summed E-state index contributed by atoms with van der Waals surface area (Å²) < 4.78 is 9.76. The van der Waals surface area contributed by atoms with Crippen molar-refractivity contribution in [3.8, 4) is 5.75 Å². The summed E-state index contributed by atoms with van der Waals surface area (Å²) in [6.07, 6.45) is 0.0130. The normalized spacial score (nSPS) is 16.2. The molecule has 1 aliphatic rings. The zero-order valence-electron chi connectivity index (χ0n) is 18.0. The van der Waals surface area contributed by atoms with Gasteiger partial charge in [0, 0.05) is 17.2 Å². The summed E-state index contributed by atoms with van der Waals surface area (Å²) in [5.41, 5.74) is 2.73. The molecular weight excluding hydrogens is 482 g/mol. The van der Waals surface area contributed by atoms with Gasteiger partial charge in [0.05, 0.1) is 25.4 Å². The Balaban J connectivity index is 1.59. The van der Waals surface area contributed by atoms with Gasteiger partial charge in [0.15, 0.2) is 10.8 Å². The maximum Gasteiger partial charge on any atom is 0.357 e. The molecule has 13 heteroatoms. The number of imide groups is 1. The minimum absolute atomic E-state index is 0.0130. The molecule has 3 aromatic rings. The number of thiazole rings is 2. The van der Waals surface area contributed by atoms with Crippen molar-refractivity contribution in [1.82, 2.24) is 20.2 Å². The van der Waals surface area contributed by atoms with Crippen LogP contribution in [-0.2, 0) is 20.7 Å². The Morgan fingerprint density at radius 2 is 1.97 bits per heavy atom. The summed E-state index contributed by atoms with van der Waals surface area (Å²) >= 11 is 2.35. The maximum absolute atomic E-state index is 13.3. The van der Waals surface area contributed by atoms with Gasteiger partial charge >= 0.3 is 12.0 Å². The number of ether oxygens (including phenoxy) is 2. The number of rotatable bonds is 8. The Morgan fingerprint density at radius 3 is 2.62 bits per heavy atom. The van der Waals surface area contributed by atoms with Crippen LogP contribution in [0, 0.1) is 0 Å². The number of methoxy groups -OCH3 is 2. The Hall–Kier alpha value is -3.84. The minimum atomic E-state index is -1.19. The van der Waals surface area contributed by atoms with Crippen molar-refractivity contribution in [2.24, 2.45) is 0 Å². The predicted molar refractivity (Wildman–Crippen MR) is 123 cm³/mol. The van der Waals surface area contributed by atoms with Crippen molar-refractivity contribution in [2.75, 3.05) is 19.5 Å². The molecule has 1 aliphatic heterocycles. The molecule has 3 heterocycles. The van der Waals surface area contributed by atoms with Crippen LogP contribution in [0.3, 0.4) is 0 Å². The van der Waals surface area contributed by atoms with E-state index >= 15 is 0 Å². The summed E-state index contributed by atoms with van der Waals surface area (Å²) in [6.45, 7) is 0. The first-order chi connectivity index (χ1) is 16.4. The molecule has 4 amide bonds. The average Bonchev–Trinajstić information content (AvgIpc) is 3.59. The second kappa shape index (κ2) is 9.97. The third-order valence-corrected chi connectivity index (χ3v) is 6.44. The number of carbonyl (C=O) groups is 4. The fourth-order valence-electron chi connectivity index (χ4n) is 3.37. The first kappa shape index (κ1) is 23.3. The Labute approximate surface area is 201 Å². The molecule has 0 saturated carbocycles. The van der Waals surface area contributed by atoms with Crippen molar-refractivity contribution >= 4 is 51.6 Å². The molecular formula is C21H19N5O6S2. The molecule has 1 saturated heterocycles. The van der Waals surface area contributed by atoms with Crippen LogP contribution in [0.25, 0.3) is 0 Å². The van der Waals surface area contributed by atoms with Gasteiger partial charge in [0.25, 0.3) is 5.91 Å². The third-order valence-electron chi connectivity index (χ3n) is 5.05. The predicted octanol–water partition coefficient (Wildman–Crippen LogP) is 2.24. The Morgan fingerprint density at radius 1 is 1.21 bits per heavy atom. The van der Waals surface area contributed by atoms with E-state index < -0.39 is 35.9 Å².